The highest BCUT2D eigenvalue weighted by molar-refractivity contribution is 5.42. The van der Waals surface area contributed by atoms with Crippen molar-refractivity contribution in [3.8, 4) is 11.5 Å². The van der Waals surface area contributed by atoms with Gasteiger partial charge in [0, 0.05) is 12.6 Å². The van der Waals surface area contributed by atoms with Gasteiger partial charge in [0.2, 0.25) is 0 Å². The molecule has 0 aliphatic heterocycles. The molecule has 1 aliphatic rings. The average molecular weight is 277 g/mol. The third-order valence-electron chi connectivity index (χ3n) is 4.72. The number of methoxy groups -OCH3 is 2. The Hall–Kier alpha value is -1.22. The lowest BCUT2D eigenvalue weighted by Crippen LogP contribution is -2.40. The van der Waals surface area contributed by atoms with Gasteiger partial charge in [-0.1, -0.05) is 32.8 Å². The first-order valence-electron chi connectivity index (χ1n) is 7.60. The molecule has 1 fully saturated rings. The van der Waals surface area contributed by atoms with Crippen molar-refractivity contribution in [2.24, 2.45) is 11.8 Å². The van der Waals surface area contributed by atoms with Crippen LogP contribution < -0.4 is 14.8 Å². The van der Waals surface area contributed by atoms with E-state index in [-0.39, 0.29) is 0 Å². The predicted molar refractivity (Wildman–Crippen MR) is 82.4 cm³/mol. The van der Waals surface area contributed by atoms with Crippen molar-refractivity contribution in [2.45, 2.75) is 45.7 Å². The van der Waals surface area contributed by atoms with Crippen molar-refractivity contribution in [1.29, 1.82) is 0 Å². The molecule has 1 N–H and O–H groups in total. The van der Waals surface area contributed by atoms with E-state index in [1.54, 1.807) is 14.2 Å². The van der Waals surface area contributed by atoms with Gasteiger partial charge in [-0.15, -0.1) is 0 Å². The Morgan fingerprint density at radius 1 is 1.10 bits per heavy atom. The van der Waals surface area contributed by atoms with E-state index in [2.05, 4.69) is 31.3 Å². The fraction of sp³-hybridized carbons (Fsp3) is 0.647. The molecule has 2 rings (SSSR count). The molecule has 3 atom stereocenters. The summed E-state index contributed by atoms with van der Waals surface area (Å²) in [5.74, 6) is 3.17. The van der Waals surface area contributed by atoms with E-state index in [4.69, 9.17) is 9.47 Å². The van der Waals surface area contributed by atoms with Gasteiger partial charge in [-0.05, 0) is 36.0 Å². The van der Waals surface area contributed by atoms with Crippen LogP contribution in [0.1, 0.15) is 38.7 Å². The van der Waals surface area contributed by atoms with Crippen LogP contribution in [-0.4, -0.2) is 20.3 Å². The van der Waals surface area contributed by atoms with E-state index in [0.717, 1.165) is 29.9 Å². The van der Waals surface area contributed by atoms with Crippen molar-refractivity contribution < 1.29 is 9.47 Å². The maximum Gasteiger partial charge on any atom is 0.161 e. The first kappa shape index (κ1) is 15.2. The monoisotopic (exact) mass is 277 g/mol. The number of rotatable bonds is 5. The van der Waals surface area contributed by atoms with Gasteiger partial charge in [0.15, 0.2) is 11.5 Å². The van der Waals surface area contributed by atoms with E-state index in [1.807, 2.05) is 6.07 Å². The van der Waals surface area contributed by atoms with Gasteiger partial charge >= 0.3 is 0 Å². The zero-order valence-corrected chi connectivity index (χ0v) is 13.1. The molecular weight excluding hydrogens is 250 g/mol. The van der Waals surface area contributed by atoms with Crippen LogP contribution in [0.5, 0.6) is 11.5 Å². The number of ether oxygens (including phenoxy) is 2. The lowest BCUT2D eigenvalue weighted by molar-refractivity contribution is 0.206. The summed E-state index contributed by atoms with van der Waals surface area (Å²) in [6.07, 6.45) is 4.00. The summed E-state index contributed by atoms with van der Waals surface area (Å²) in [7, 11) is 3.35. The number of hydrogen-bond donors (Lipinski definition) is 1. The molecule has 20 heavy (non-hydrogen) atoms. The summed E-state index contributed by atoms with van der Waals surface area (Å²) in [5.41, 5.74) is 1.24. The van der Waals surface area contributed by atoms with Gasteiger partial charge in [-0.3, -0.25) is 0 Å². The molecule has 1 saturated carbocycles. The SMILES string of the molecule is COc1ccc(CN[C@@H]2CCC[C@H](C)[C@@H]2C)cc1OC. The van der Waals surface area contributed by atoms with E-state index in [1.165, 1.54) is 24.8 Å². The molecule has 0 radical (unpaired) electrons. The molecule has 0 amide bonds. The second kappa shape index (κ2) is 6.98. The molecule has 0 bridgehead atoms. The number of hydrogen-bond acceptors (Lipinski definition) is 3. The zero-order valence-electron chi connectivity index (χ0n) is 13.1. The molecule has 112 valence electrons. The highest BCUT2D eigenvalue weighted by atomic mass is 16.5. The lowest BCUT2D eigenvalue weighted by Gasteiger charge is -2.34. The normalized spacial score (nSPS) is 26.3. The summed E-state index contributed by atoms with van der Waals surface area (Å²) in [6.45, 7) is 5.63. The zero-order chi connectivity index (χ0) is 14.5. The van der Waals surface area contributed by atoms with E-state index >= 15 is 0 Å². The van der Waals surface area contributed by atoms with Gasteiger partial charge in [0.05, 0.1) is 14.2 Å². The summed E-state index contributed by atoms with van der Waals surface area (Å²) in [5, 5.41) is 3.71. The quantitative estimate of drug-likeness (QED) is 0.891. The van der Waals surface area contributed by atoms with Crippen LogP contribution in [0.3, 0.4) is 0 Å². The first-order chi connectivity index (χ1) is 9.65. The molecule has 0 aromatic heterocycles. The Labute approximate surface area is 122 Å². The lowest BCUT2D eigenvalue weighted by atomic mass is 9.78. The van der Waals surface area contributed by atoms with Gasteiger partial charge in [-0.2, -0.15) is 0 Å². The van der Waals surface area contributed by atoms with Gasteiger partial charge in [0.25, 0.3) is 0 Å². The third-order valence-corrected chi connectivity index (χ3v) is 4.72. The maximum atomic E-state index is 5.35. The third kappa shape index (κ3) is 3.45. The topological polar surface area (TPSA) is 30.5 Å². The summed E-state index contributed by atoms with van der Waals surface area (Å²) >= 11 is 0. The maximum absolute atomic E-state index is 5.35. The van der Waals surface area contributed by atoms with Crippen molar-refractivity contribution >= 4 is 0 Å². The van der Waals surface area contributed by atoms with E-state index in [0.29, 0.717) is 6.04 Å². The highest BCUT2D eigenvalue weighted by Crippen LogP contribution is 2.30. The Bertz CT molecular complexity index is 433. The minimum atomic E-state index is 0.631. The van der Waals surface area contributed by atoms with Crippen molar-refractivity contribution in [3.05, 3.63) is 23.8 Å². The van der Waals surface area contributed by atoms with Crippen LogP contribution in [0.4, 0.5) is 0 Å². The van der Waals surface area contributed by atoms with Crippen LogP contribution in [0, 0.1) is 11.8 Å². The Kier molecular flexibility index (Phi) is 5.30. The molecule has 1 aromatic carbocycles. The summed E-state index contributed by atoms with van der Waals surface area (Å²) in [6, 6.07) is 6.77. The molecule has 1 aliphatic carbocycles. The van der Waals surface area contributed by atoms with Crippen LogP contribution in [0.2, 0.25) is 0 Å². The smallest absolute Gasteiger partial charge is 0.161 e. The Balaban J connectivity index is 1.96. The van der Waals surface area contributed by atoms with Gasteiger partial charge < -0.3 is 14.8 Å². The molecule has 1 aromatic rings. The average Bonchev–Trinajstić information content (AvgIpc) is 2.48. The van der Waals surface area contributed by atoms with E-state index in [9.17, 15) is 0 Å². The first-order valence-corrected chi connectivity index (χ1v) is 7.60. The van der Waals surface area contributed by atoms with Crippen LogP contribution >= 0.6 is 0 Å². The minimum Gasteiger partial charge on any atom is -0.493 e. The Morgan fingerprint density at radius 2 is 1.85 bits per heavy atom. The molecule has 0 heterocycles. The molecule has 3 heteroatoms. The van der Waals surface area contributed by atoms with Crippen LogP contribution in [0.15, 0.2) is 18.2 Å². The summed E-state index contributed by atoms with van der Waals surface area (Å²) in [4.78, 5) is 0. The van der Waals surface area contributed by atoms with Crippen LogP contribution in [0.25, 0.3) is 0 Å². The van der Waals surface area contributed by atoms with Crippen molar-refractivity contribution in [1.82, 2.24) is 5.32 Å². The highest BCUT2D eigenvalue weighted by Gasteiger charge is 2.26. The van der Waals surface area contributed by atoms with E-state index < -0.39 is 0 Å². The summed E-state index contributed by atoms with van der Waals surface area (Å²) < 4.78 is 10.6. The molecule has 0 spiro atoms. The number of benzene rings is 1. The molecule has 0 saturated heterocycles. The predicted octanol–water partition coefficient (Wildman–Crippen LogP) is 3.62. The van der Waals surface area contributed by atoms with Gasteiger partial charge in [-0.25, -0.2) is 0 Å². The molecule has 3 nitrogen and oxygen atoms in total. The van der Waals surface area contributed by atoms with Crippen molar-refractivity contribution in [2.75, 3.05) is 14.2 Å². The molecular formula is C17H27NO2. The standard InChI is InChI=1S/C17H27NO2/c1-12-6-5-7-15(13(12)2)18-11-14-8-9-16(19-3)17(10-14)20-4/h8-10,12-13,15,18H,5-7,11H2,1-4H3/t12-,13-,15+/m0/s1. The number of nitrogens with one attached hydrogen (secondary N) is 1. The van der Waals surface area contributed by atoms with Gasteiger partial charge in [0.1, 0.15) is 0 Å². The minimum absolute atomic E-state index is 0.631. The fourth-order valence-electron chi connectivity index (χ4n) is 3.11. The van der Waals surface area contributed by atoms with Crippen molar-refractivity contribution in [3.63, 3.8) is 0 Å². The Morgan fingerprint density at radius 3 is 2.55 bits per heavy atom. The molecule has 0 unspecified atom stereocenters. The fourth-order valence-corrected chi connectivity index (χ4v) is 3.11. The second-order valence-corrected chi connectivity index (χ2v) is 5.94. The second-order valence-electron chi connectivity index (χ2n) is 5.94. The van der Waals surface area contributed by atoms with Crippen LogP contribution in [-0.2, 0) is 6.54 Å². The largest absolute Gasteiger partial charge is 0.493 e.